The molecule has 0 spiro atoms. The third-order valence-electron chi connectivity index (χ3n) is 3.01. The Morgan fingerprint density at radius 2 is 2.40 bits per heavy atom. The molecule has 0 radical (unpaired) electrons. The van der Waals surface area contributed by atoms with Gasteiger partial charge in [0.15, 0.2) is 0 Å². The van der Waals surface area contributed by atoms with E-state index in [0.29, 0.717) is 5.56 Å². The van der Waals surface area contributed by atoms with Gasteiger partial charge in [0.2, 0.25) is 0 Å². The van der Waals surface area contributed by atoms with E-state index >= 15 is 0 Å². The van der Waals surface area contributed by atoms with Crippen molar-refractivity contribution in [2.45, 2.75) is 31.8 Å². The van der Waals surface area contributed by atoms with Crippen molar-refractivity contribution in [3.8, 4) is 6.07 Å². The van der Waals surface area contributed by atoms with Crippen LogP contribution in [-0.2, 0) is 4.74 Å². The number of nitrogens with zero attached hydrogens (tertiary/aromatic N) is 2. The molecular weight excluding hydrogens is 330 g/mol. The average molecular weight is 342 g/mol. The molecule has 2 heterocycles. The van der Waals surface area contributed by atoms with Crippen LogP contribution in [-0.4, -0.2) is 26.9 Å². The van der Waals surface area contributed by atoms with E-state index in [-0.39, 0.29) is 10.9 Å². The van der Waals surface area contributed by atoms with Crippen molar-refractivity contribution in [1.82, 2.24) is 9.55 Å². The Labute approximate surface area is 122 Å². The van der Waals surface area contributed by atoms with E-state index in [2.05, 4.69) is 20.9 Å². The topological polar surface area (TPSA) is 108 Å². The van der Waals surface area contributed by atoms with Crippen LogP contribution in [0.4, 0.5) is 0 Å². The average Bonchev–Trinajstić information content (AvgIpc) is 2.75. The van der Waals surface area contributed by atoms with Gasteiger partial charge in [-0.15, -0.1) is 0 Å². The summed E-state index contributed by atoms with van der Waals surface area (Å²) in [5.74, 6) is 0. The highest BCUT2D eigenvalue weighted by Gasteiger charge is 2.34. The normalized spacial score (nSPS) is 26.5. The van der Waals surface area contributed by atoms with Crippen LogP contribution in [0.3, 0.4) is 0 Å². The summed E-state index contributed by atoms with van der Waals surface area (Å²) in [6, 6.07) is 1.87. The summed E-state index contributed by atoms with van der Waals surface area (Å²) in [4.78, 5) is 25.2. The maximum Gasteiger partial charge on any atom is 0.330 e. The summed E-state index contributed by atoms with van der Waals surface area (Å²) >= 11 is 3.02. The van der Waals surface area contributed by atoms with Crippen molar-refractivity contribution in [3.05, 3.63) is 43.2 Å². The number of aromatic amines is 1. The number of nitrogens with one attached hydrogen (secondary N) is 1. The minimum absolute atomic E-state index is 0.193. The quantitative estimate of drug-likeness (QED) is 0.752. The van der Waals surface area contributed by atoms with Gasteiger partial charge in [0.05, 0.1) is 10.6 Å². The smallest absolute Gasteiger partial charge is 0.330 e. The molecule has 2 rings (SSSR count). The Morgan fingerprint density at radius 1 is 1.70 bits per heavy atom. The number of aryl methyl sites for hydroxylation is 1. The van der Waals surface area contributed by atoms with Crippen LogP contribution < -0.4 is 11.2 Å². The van der Waals surface area contributed by atoms with Gasteiger partial charge in [0.25, 0.3) is 5.56 Å². The predicted molar refractivity (Wildman–Crippen MR) is 73.2 cm³/mol. The largest absolute Gasteiger partial charge is 0.390 e. The first-order valence-corrected chi connectivity index (χ1v) is 6.64. The molecule has 1 aliphatic rings. The van der Waals surface area contributed by atoms with E-state index in [0.717, 1.165) is 0 Å². The maximum atomic E-state index is 11.7. The van der Waals surface area contributed by atoms with Crippen molar-refractivity contribution in [2.24, 2.45) is 0 Å². The summed E-state index contributed by atoms with van der Waals surface area (Å²) in [5, 5.41) is 18.6. The van der Waals surface area contributed by atoms with Crippen LogP contribution in [0.1, 0.15) is 18.2 Å². The van der Waals surface area contributed by atoms with Gasteiger partial charge < -0.3 is 9.84 Å². The zero-order valence-corrected chi connectivity index (χ0v) is 12.1. The molecule has 7 nitrogen and oxygen atoms in total. The molecule has 1 aromatic rings. The third kappa shape index (κ3) is 2.90. The van der Waals surface area contributed by atoms with E-state index in [1.807, 2.05) is 6.07 Å². The van der Waals surface area contributed by atoms with Gasteiger partial charge >= 0.3 is 5.69 Å². The van der Waals surface area contributed by atoms with Gasteiger partial charge in [-0.1, -0.05) is 0 Å². The fourth-order valence-electron chi connectivity index (χ4n) is 1.98. The molecule has 0 saturated carbocycles. The molecule has 1 saturated heterocycles. The van der Waals surface area contributed by atoms with Crippen LogP contribution >= 0.6 is 15.9 Å². The number of ether oxygens (including phenoxy) is 1. The number of H-pyrrole nitrogens is 1. The van der Waals surface area contributed by atoms with Gasteiger partial charge in [0.1, 0.15) is 18.4 Å². The molecule has 3 atom stereocenters. The molecule has 1 fully saturated rings. The van der Waals surface area contributed by atoms with Crippen LogP contribution in [0.15, 0.2) is 26.3 Å². The molecule has 0 unspecified atom stereocenters. The Morgan fingerprint density at radius 3 is 3.05 bits per heavy atom. The lowest BCUT2D eigenvalue weighted by Gasteiger charge is -2.14. The second-order valence-electron chi connectivity index (χ2n) is 4.46. The second kappa shape index (κ2) is 5.75. The number of halogens is 1. The molecule has 1 aliphatic heterocycles. The van der Waals surface area contributed by atoms with Gasteiger partial charge in [-0.05, 0) is 28.9 Å². The summed E-state index contributed by atoms with van der Waals surface area (Å²) < 4.78 is 7.01. The zero-order chi connectivity index (χ0) is 14.9. The van der Waals surface area contributed by atoms with Crippen LogP contribution in [0, 0.1) is 18.3 Å². The molecular formula is C12H12BrN3O4. The van der Waals surface area contributed by atoms with Crippen LogP contribution in [0.5, 0.6) is 0 Å². The number of allylic oxidation sites excluding steroid dienone is 1. The number of hydrogen-bond acceptors (Lipinski definition) is 5. The second-order valence-corrected chi connectivity index (χ2v) is 5.32. The Kier molecular flexibility index (Phi) is 4.23. The fourth-order valence-corrected chi connectivity index (χ4v) is 2.24. The lowest BCUT2D eigenvalue weighted by Crippen LogP contribution is -2.33. The van der Waals surface area contributed by atoms with Crippen molar-refractivity contribution >= 4 is 15.9 Å². The van der Waals surface area contributed by atoms with E-state index in [9.17, 15) is 14.7 Å². The first-order valence-electron chi connectivity index (χ1n) is 5.85. The molecule has 106 valence electrons. The van der Waals surface area contributed by atoms with Crippen molar-refractivity contribution in [3.63, 3.8) is 0 Å². The number of nitriles is 1. The third-order valence-corrected chi connectivity index (χ3v) is 3.45. The van der Waals surface area contributed by atoms with Gasteiger partial charge in [0, 0.05) is 18.2 Å². The van der Waals surface area contributed by atoms with Gasteiger partial charge in [-0.3, -0.25) is 14.3 Å². The highest BCUT2D eigenvalue weighted by Crippen LogP contribution is 2.29. The van der Waals surface area contributed by atoms with Crippen molar-refractivity contribution < 1.29 is 9.84 Å². The monoisotopic (exact) mass is 341 g/mol. The Balaban J connectivity index is 2.30. The van der Waals surface area contributed by atoms with E-state index in [4.69, 9.17) is 10.00 Å². The van der Waals surface area contributed by atoms with Crippen molar-refractivity contribution in [2.75, 3.05) is 0 Å². The molecule has 0 aromatic carbocycles. The standard InChI is InChI=1S/C12H12BrN3O4/c1-6-5-16(12(19)15-11(6)18)10-3-8(17)9(20-10)2-7(13)4-14/h2,5,8-10,17H,3H2,1H3,(H,15,18,19)/b7-2-/t8-,9+,10+/m0/s1. The minimum atomic E-state index is -0.833. The number of aliphatic hydroxyl groups is 1. The lowest BCUT2D eigenvalue weighted by atomic mass is 10.1. The highest BCUT2D eigenvalue weighted by molar-refractivity contribution is 9.12. The predicted octanol–water partition coefficient (Wildman–Crippen LogP) is 0.296. The van der Waals surface area contributed by atoms with Crippen molar-refractivity contribution in [1.29, 1.82) is 5.26 Å². The van der Waals surface area contributed by atoms with Crippen LogP contribution in [0.2, 0.25) is 0 Å². The molecule has 0 aliphatic carbocycles. The number of aromatic nitrogens is 2. The Bertz CT molecular complexity index is 700. The first kappa shape index (κ1) is 14.7. The summed E-state index contributed by atoms with van der Waals surface area (Å²) in [6.07, 6.45) is 0.817. The number of aliphatic hydroxyl groups excluding tert-OH is 1. The molecule has 0 bridgehead atoms. The molecule has 2 N–H and O–H groups in total. The summed E-state index contributed by atoms with van der Waals surface area (Å²) in [5.41, 5.74) is -0.671. The highest BCUT2D eigenvalue weighted by atomic mass is 79.9. The lowest BCUT2D eigenvalue weighted by molar-refractivity contribution is 0.00469. The molecule has 20 heavy (non-hydrogen) atoms. The van der Waals surface area contributed by atoms with Gasteiger partial charge in [-0.25, -0.2) is 4.79 Å². The number of rotatable bonds is 2. The Hall–Kier alpha value is -1.69. The summed E-state index contributed by atoms with van der Waals surface area (Å²) in [7, 11) is 0. The molecule has 1 aromatic heterocycles. The molecule has 0 amide bonds. The van der Waals surface area contributed by atoms with Crippen LogP contribution in [0.25, 0.3) is 0 Å². The maximum absolute atomic E-state index is 11.7. The molecule has 8 heteroatoms. The SMILES string of the molecule is Cc1cn([C@H]2C[C@H](O)[C@@H](/C=C(\Br)C#N)O2)c(=O)[nH]c1=O. The fraction of sp³-hybridized carbons (Fsp3) is 0.417. The van der Waals surface area contributed by atoms with E-state index < -0.39 is 29.7 Å². The summed E-state index contributed by atoms with van der Waals surface area (Å²) in [6.45, 7) is 1.57. The number of hydrogen-bond donors (Lipinski definition) is 2. The zero-order valence-electron chi connectivity index (χ0n) is 10.5. The van der Waals surface area contributed by atoms with Gasteiger partial charge in [-0.2, -0.15) is 5.26 Å². The van der Waals surface area contributed by atoms with E-state index in [1.165, 1.54) is 16.8 Å². The first-order chi connectivity index (χ1) is 9.42. The minimum Gasteiger partial charge on any atom is -0.390 e. The van der Waals surface area contributed by atoms with E-state index in [1.54, 1.807) is 6.92 Å².